The van der Waals surface area contributed by atoms with Crippen molar-refractivity contribution in [2.24, 2.45) is 5.92 Å². The Morgan fingerprint density at radius 3 is 2.53 bits per heavy atom. The highest BCUT2D eigenvalue weighted by molar-refractivity contribution is 7.90. The Balaban J connectivity index is 1.52. The summed E-state index contributed by atoms with van der Waals surface area (Å²) in [7, 11) is -3.46. The predicted molar refractivity (Wildman–Crippen MR) is 128 cm³/mol. The van der Waals surface area contributed by atoms with E-state index in [0.717, 1.165) is 31.9 Å². The second kappa shape index (κ2) is 9.89. The molecule has 1 saturated carbocycles. The number of aromatic nitrogens is 2. The van der Waals surface area contributed by atoms with Gasteiger partial charge in [0.25, 0.3) is 0 Å². The summed E-state index contributed by atoms with van der Waals surface area (Å²) >= 11 is 6.28. The molecule has 184 valence electrons. The Labute approximate surface area is 205 Å². The van der Waals surface area contributed by atoms with Gasteiger partial charge in [0.15, 0.2) is 21.4 Å². The maximum Gasteiger partial charge on any atom is 0.233 e. The third-order valence-electron chi connectivity index (χ3n) is 6.38. The first-order chi connectivity index (χ1) is 16.0. The zero-order valence-electron chi connectivity index (χ0n) is 19.6. The summed E-state index contributed by atoms with van der Waals surface area (Å²) in [6.07, 6.45) is 9.02. The van der Waals surface area contributed by atoms with Crippen LogP contribution in [-0.4, -0.2) is 42.9 Å². The van der Waals surface area contributed by atoms with Gasteiger partial charge in [-0.15, -0.1) is 0 Å². The quantitative estimate of drug-likeness (QED) is 0.580. The first kappa shape index (κ1) is 25.0. The van der Waals surface area contributed by atoms with Crippen molar-refractivity contribution < 1.29 is 22.7 Å². The standard InChI is InChI=1S/C24H30ClN3O5S/c1-24(2)32-14-20(33-24)19-12-27-22(13-26-19)28-23(29)17(10-15-6-4-5-7-15)16-8-9-21(18(25)11-16)34(3,30)31/h8-9,11-13,15,17,20H,4-7,10,14H2,1-3H3,(H,27,28,29). The van der Waals surface area contributed by atoms with Gasteiger partial charge in [0.2, 0.25) is 5.91 Å². The monoisotopic (exact) mass is 507 g/mol. The van der Waals surface area contributed by atoms with Crippen LogP contribution in [0.1, 0.15) is 69.2 Å². The first-order valence-corrected chi connectivity index (χ1v) is 13.7. The second-order valence-electron chi connectivity index (χ2n) is 9.53. The van der Waals surface area contributed by atoms with Crippen molar-refractivity contribution in [1.29, 1.82) is 0 Å². The van der Waals surface area contributed by atoms with Crippen molar-refractivity contribution in [3.8, 4) is 0 Å². The lowest BCUT2D eigenvalue weighted by atomic mass is 9.87. The molecule has 4 rings (SSSR count). The van der Waals surface area contributed by atoms with Gasteiger partial charge in [-0.1, -0.05) is 43.4 Å². The highest BCUT2D eigenvalue weighted by atomic mass is 35.5. The Hall–Kier alpha value is -2.07. The third-order valence-corrected chi connectivity index (χ3v) is 7.96. The van der Waals surface area contributed by atoms with E-state index in [1.165, 1.54) is 12.3 Å². The largest absolute Gasteiger partial charge is 0.347 e. The number of amides is 1. The predicted octanol–water partition coefficient (Wildman–Crippen LogP) is 4.66. The number of benzene rings is 1. The minimum absolute atomic E-state index is 0.0562. The molecule has 2 heterocycles. The van der Waals surface area contributed by atoms with Crippen LogP contribution < -0.4 is 5.32 Å². The molecule has 1 amide bonds. The number of carbonyl (C=O) groups excluding carboxylic acids is 1. The number of nitrogens with one attached hydrogen (secondary N) is 1. The van der Waals surface area contributed by atoms with E-state index in [2.05, 4.69) is 15.3 Å². The van der Waals surface area contributed by atoms with E-state index in [1.807, 2.05) is 13.8 Å². The van der Waals surface area contributed by atoms with E-state index in [9.17, 15) is 13.2 Å². The van der Waals surface area contributed by atoms with E-state index in [1.54, 1.807) is 18.3 Å². The Kier molecular flexibility index (Phi) is 7.28. The van der Waals surface area contributed by atoms with Crippen molar-refractivity contribution >= 4 is 33.2 Å². The molecule has 2 unspecified atom stereocenters. The van der Waals surface area contributed by atoms with Crippen LogP contribution in [0.4, 0.5) is 5.82 Å². The number of rotatable bonds is 7. The lowest BCUT2D eigenvalue weighted by Crippen LogP contribution is -2.24. The van der Waals surface area contributed by atoms with Gasteiger partial charge in [-0.3, -0.25) is 9.78 Å². The number of ether oxygens (including phenoxy) is 2. The molecule has 2 aromatic rings. The number of nitrogens with zero attached hydrogens (tertiary/aromatic N) is 2. The average Bonchev–Trinajstić information content (AvgIpc) is 3.40. The Bertz CT molecular complexity index is 1150. The summed E-state index contributed by atoms with van der Waals surface area (Å²) in [5, 5.41) is 2.99. The molecule has 1 N–H and O–H groups in total. The van der Waals surface area contributed by atoms with Crippen LogP contribution in [0, 0.1) is 5.92 Å². The third kappa shape index (κ3) is 5.94. The fourth-order valence-electron chi connectivity index (χ4n) is 4.62. The van der Waals surface area contributed by atoms with E-state index < -0.39 is 21.5 Å². The number of sulfone groups is 1. The summed E-state index contributed by atoms with van der Waals surface area (Å²) < 4.78 is 35.3. The highest BCUT2D eigenvalue weighted by Gasteiger charge is 2.34. The van der Waals surface area contributed by atoms with Gasteiger partial charge in [-0.05, 0) is 43.9 Å². The molecule has 8 nitrogen and oxygen atoms in total. The summed E-state index contributed by atoms with van der Waals surface area (Å²) in [6.45, 7) is 4.07. The van der Waals surface area contributed by atoms with Gasteiger partial charge in [0, 0.05) is 6.26 Å². The van der Waals surface area contributed by atoms with Crippen molar-refractivity contribution in [1.82, 2.24) is 9.97 Å². The average molecular weight is 508 g/mol. The lowest BCUT2D eigenvalue weighted by molar-refractivity contribution is -0.139. The van der Waals surface area contributed by atoms with Crippen LogP contribution in [0.5, 0.6) is 0 Å². The topological polar surface area (TPSA) is 107 Å². The molecule has 1 aromatic carbocycles. The van der Waals surface area contributed by atoms with E-state index in [0.29, 0.717) is 36.0 Å². The molecular formula is C24H30ClN3O5S. The molecule has 1 aliphatic carbocycles. The summed E-state index contributed by atoms with van der Waals surface area (Å²) in [6, 6.07) is 4.74. The van der Waals surface area contributed by atoms with Gasteiger partial charge in [0.1, 0.15) is 6.10 Å². The van der Waals surface area contributed by atoms with Crippen LogP contribution in [0.3, 0.4) is 0 Å². The SMILES string of the molecule is CC1(C)OCC(c2cnc(NC(=O)C(CC3CCCC3)c3ccc(S(C)(=O)=O)c(Cl)c3)cn2)O1. The lowest BCUT2D eigenvalue weighted by Gasteiger charge is -2.21. The smallest absolute Gasteiger partial charge is 0.233 e. The fraction of sp³-hybridized carbons (Fsp3) is 0.542. The van der Waals surface area contributed by atoms with Gasteiger partial charge in [-0.2, -0.15) is 0 Å². The Morgan fingerprint density at radius 1 is 1.24 bits per heavy atom. The molecule has 34 heavy (non-hydrogen) atoms. The summed E-state index contributed by atoms with van der Waals surface area (Å²) in [4.78, 5) is 22.1. The van der Waals surface area contributed by atoms with Gasteiger partial charge >= 0.3 is 0 Å². The summed E-state index contributed by atoms with van der Waals surface area (Å²) in [5.74, 6) is -0.606. The van der Waals surface area contributed by atoms with Gasteiger partial charge < -0.3 is 14.8 Å². The molecule has 2 fully saturated rings. The van der Waals surface area contributed by atoms with Crippen LogP contribution in [-0.2, 0) is 24.1 Å². The van der Waals surface area contributed by atoms with Gasteiger partial charge in [0.05, 0.1) is 40.5 Å². The number of hydrogen-bond donors (Lipinski definition) is 1. The molecule has 2 aliphatic rings. The van der Waals surface area contributed by atoms with Crippen LogP contribution >= 0.6 is 11.6 Å². The maximum atomic E-state index is 13.3. The highest BCUT2D eigenvalue weighted by Crippen LogP contribution is 2.37. The first-order valence-electron chi connectivity index (χ1n) is 11.5. The molecule has 2 atom stereocenters. The number of halogens is 1. The minimum atomic E-state index is -3.46. The zero-order valence-corrected chi connectivity index (χ0v) is 21.2. The van der Waals surface area contributed by atoms with Crippen LogP contribution in [0.15, 0.2) is 35.5 Å². The van der Waals surface area contributed by atoms with Crippen molar-refractivity contribution in [2.45, 2.75) is 68.7 Å². The summed E-state index contributed by atoms with van der Waals surface area (Å²) in [5.41, 5.74) is 1.32. The molecule has 0 radical (unpaired) electrons. The fourth-order valence-corrected chi connectivity index (χ4v) is 5.96. The van der Waals surface area contributed by atoms with E-state index in [4.69, 9.17) is 21.1 Å². The minimum Gasteiger partial charge on any atom is -0.347 e. The van der Waals surface area contributed by atoms with E-state index >= 15 is 0 Å². The van der Waals surface area contributed by atoms with E-state index in [-0.39, 0.29) is 21.9 Å². The zero-order chi connectivity index (χ0) is 24.5. The molecule has 1 aliphatic heterocycles. The number of carbonyl (C=O) groups is 1. The normalized spacial score (nSPS) is 21.5. The van der Waals surface area contributed by atoms with Crippen molar-refractivity contribution in [3.05, 3.63) is 46.9 Å². The van der Waals surface area contributed by atoms with Gasteiger partial charge in [-0.25, -0.2) is 13.4 Å². The molecule has 0 bridgehead atoms. The molecular weight excluding hydrogens is 478 g/mol. The molecule has 1 aromatic heterocycles. The van der Waals surface area contributed by atoms with Crippen LogP contribution in [0.2, 0.25) is 5.02 Å². The van der Waals surface area contributed by atoms with Crippen molar-refractivity contribution in [2.75, 3.05) is 18.2 Å². The molecule has 1 saturated heterocycles. The Morgan fingerprint density at radius 2 is 1.97 bits per heavy atom. The van der Waals surface area contributed by atoms with Crippen molar-refractivity contribution in [3.63, 3.8) is 0 Å². The molecule has 10 heteroatoms. The second-order valence-corrected chi connectivity index (χ2v) is 11.9. The number of hydrogen-bond acceptors (Lipinski definition) is 7. The number of anilines is 1. The molecule has 0 spiro atoms. The van der Waals surface area contributed by atoms with Crippen LogP contribution in [0.25, 0.3) is 0 Å². The maximum absolute atomic E-state index is 13.3.